The van der Waals surface area contributed by atoms with Crippen molar-refractivity contribution in [3.8, 4) is 23.1 Å². The van der Waals surface area contributed by atoms with Crippen molar-refractivity contribution in [2.24, 2.45) is 0 Å². The lowest BCUT2D eigenvalue weighted by molar-refractivity contribution is -0.196. The summed E-state index contributed by atoms with van der Waals surface area (Å²) in [4.78, 5) is 17.3. The average molecular weight is 681 g/mol. The zero-order valence-electron chi connectivity index (χ0n) is 24.8. The number of nitrogen functional groups attached to an aromatic ring is 1. The summed E-state index contributed by atoms with van der Waals surface area (Å²) in [5.41, 5.74) is -1.49. The van der Waals surface area contributed by atoms with Gasteiger partial charge in [-0.15, -0.1) is 0 Å². The van der Waals surface area contributed by atoms with Crippen molar-refractivity contribution < 1.29 is 49.0 Å². The van der Waals surface area contributed by atoms with Crippen molar-refractivity contribution in [1.29, 1.82) is 0 Å². The van der Waals surface area contributed by atoms with Gasteiger partial charge < -0.3 is 25.8 Å². The van der Waals surface area contributed by atoms with E-state index >= 15 is 8.78 Å². The van der Waals surface area contributed by atoms with Gasteiger partial charge in [-0.25, -0.2) is 23.1 Å². The molecule has 3 atom stereocenters. The van der Waals surface area contributed by atoms with E-state index in [4.69, 9.17) is 15.2 Å². The van der Waals surface area contributed by atoms with Gasteiger partial charge in [-0.1, -0.05) is 0 Å². The van der Waals surface area contributed by atoms with E-state index in [-0.39, 0.29) is 45.0 Å². The Morgan fingerprint density at radius 2 is 1.81 bits per heavy atom. The van der Waals surface area contributed by atoms with Crippen LogP contribution in [0.5, 0.6) is 11.9 Å². The van der Waals surface area contributed by atoms with Gasteiger partial charge >= 0.3 is 18.4 Å². The molecule has 0 spiro atoms. The van der Waals surface area contributed by atoms with Gasteiger partial charge in [0.05, 0.1) is 22.4 Å². The third-order valence-corrected chi connectivity index (χ3v) is 8.62. The molecule has 0 bridgehead atoms. The van der Waals surface area contributed by atoms with Crippen LogP contribution in [0.15, 0.2) is 0 Å². The molecule has 0 saturated carbocycles. The van der Waals surface area contributed by atoms with Crippen molar-refractivity contribution in [2.75, 3.05) is 50.4 Å². The molecule has 2 fully saturated rings. The fraction of sp³-hybridized carbons (Fsp3) is 0.571. The van der Waals surface area contributed by atoms with Crippen LogP contribution in [-0.4, -0.2) is 88.2 Å². The zero-order valence-corrected chi connectivity index (χ0v) is 24.8. The molecule has 4 N–H and O–H groups in total. The summed E-state index contributed by atoms with van der Waals surface area (Å²) in [7, 11) is 0. The van der Waals surface area contributed by atoms with Crippen LogP contribution in [0.2, 0.25) is 0 Å². The number of halogens is 9. The number of fused-ring (bicyclic) bond motifs is 1. The predicted octanol–water partition coefficient (Wildman–Crippen LogP) is 4.94. The number of aromatic nitrogens is 4. The van der Waals surface area contributed by atoms with E-state index in [0.717, 1.165) is 13.3 Å². The molecule has 0 aromatic carbocycles. The molecule has 2 saturated heterocycles. The Hall–Kier alpha value is -3.87. The highest BCUT2D eigenvalue weighted by atomic mass is 19.4. The molecule has 3 aromatic rings. The second-order valence-corrected chi connectivity index (χ2v) is 11.8. The van der Waals surface area contributed by atoms with Gasteiger partial charge in [-0.2, -0.15) is 36.3 Å². The lowest BCUT2D eigenvalue weighted by atomic mass is 9.95. The van der Waals surface area contributed by atoms with Crippen molar-refractivity contribution in [1.82, 2.24) is 30.2 Å². The normalized spacial score (nSPS) is 24.0. The van der Waals surface area contributed by atoms with Gasteiger partial charge in [-0.3, -0.25) is 4.90 Å². The number of anilines is 2. The van der Waals surface area contributed by atoms with E-state index in [0.29, 0.717) is 13.0 Å². The van der Waals surface area contributed by atoms with E-state index < -0.39 is 99.3 Å². The summed E-state index contributed by atoms with van der Waals surface area (Å²) in [6, 6.07) is -0.511. The molecule has 0 radical (unpaired) electrons. The summed E-state index contributed by atoms with van der Waals surface area (Å²) >= 11 is 0. The molecule has 3 aromatic heterocycles. The zero-order chi connectivity index (χ0) is 33.9. The molecule has 6 rings (SSSR count). The third-order valence-electron chi connectivity index (χ3n) is 8.62. The minimum absolute atomic E-state index is 0.0409. The Kier molecular flexibility index (Phi) is 8.42. The summed E-state index contributed by atoms with van der Waals surface area (Å²) < 4.78 is 143. The summed E-state index contributed by atoms with van der Waals surface area (Å²) in [6.45, 7) is 1.50. The van der Waals surface area contributed by atoms with E-state index in [9.17, 15) is 30.7 Å². The number of hydrogen-bond donors (Lipinski definition) is 3. The monoisotopic (exact) mass is 680 g/mol. The first-order valence-corrected chi connectivity index (χ1v) is 14.7. The number of rotatable bonds is 4. The number of aryl methyl sites for hydroxylation is 1. The van der Waals surface area contributed by atoms with Gasteiger partial charge in [0.2, 0.25) is 5.88 Å². The Morgan fingerprint density at radius 3 is 2.53 bits per heavy atom. The summed E-state index contributed by atoms with van der Waals surface area (Å²) in [6.07, 6.45) is -13.2. The standard InChI is InChI=1S/C28H29F9N8O2/c1-12-17(28(35,36)37)15(18(30)22(38)41-12)20-19(31)21-16-23(40-7-6-39-5-3-14(27(32,33)34)47-24(16)42-20)44-25(43-21)46-11-26-4-2-8-45(26)10-13(29)9-26/h13-14,39H,2-11H2,1H3,(H2,38,41)(H,40,43,44)/t13-,14-,26+/m1/s1. The Bertz CT molecular complexity index is 1690. The molecule has 0 unspecified atom stereocenters. The quantitative estimate of drug-likeness (QED) is 0.327. The molecule has 47 heavy (non-hydrogen) atoms. The molecular formula is C28H29F9N8O2. The van der Waals surface area contributed by atoms with E-state index in [1.54, 1.807) is 0 Å². The molecule has 10 nitrogen and oxygen atoms in total. The molecule has 0 amide bonds. The largest absolute Gasteiger partial charge is 0.464 e. The first-order chi connectivity index (χ1) is 22.1. The van der Waals surface area contributed by atoms with Crippen molar-refractivity contribution in [3.63, 3.8) is 0 Å². The topological polar surface area (TPSA) is 123 Å². The second-order valence-electron chi connectivity index (χ2n) is 11.8. The van der Waals surface area contributed by atoms with Gasteiger partial charge in [-0.05, 0) is 32.9 Å². The fourth-order valence-corrected chi connectivity index (χ4v) is 6.54. The van der Waals surface area contributed by atoms with Crippen molar-refractivity contribution in [2.45, 2.75) is 62.8 Å². The van der Waals surface area contributed by atoms with Crippen molar-refractivity contribution in [3.05, 3.63) is 22.9 Å². The number of hydrogen-bond acceptors (Lipinski definition) is 10. The van der Waals surface area contributed by atoms with Crippen molar-refractivity contribution >= 4 is 22.5 Å². The summed E-state index contributed by atoms with van der Waals surface area (Å²) in [5.74, 6) is -5.79. The molecule has 6 heterocycles. The number of ether oxygens (including phenoxy) is 2. The number of alkyl halides is 7. The Labute approximate surface area is 261 Å². The molecule has 19 heteroatoms. The van der Waals surface area contributed by atoms with Crippen LogP contribution in [0.3, 0.4) is 0 Å². The van der Waals surface area contributed by atoms with Crippen LogP contribution in [0.25, 0.3) is 22.2 Å². The molecule has 3 aliphatic heterocycles. The molecule has 3 aliphatic rings. The SMILES string of the molecule is Cc1nc(N)c(F)c(-c2nc3c4c(nc(OC[C@@]56CCCN5C[C@H](F)C6)nc4c2F)NCCNCC[C@H](C(F)(F)F)O3)c1C(F)(F)F. The van der Waals surface area contributed by atoms with Gasteiger partial charge in [0.25, 0.3) is 0 Å². The maximum atomic E-state index is 16.5. The van der Waals surface area contributed by atoms with Crippen LogP contribution in [-0.2, 0) is 6.18 Å². The maximum Gasteiger partial charge on any atom is 0.425 e. The van der Waals surface area contributed by atoms with Crippen LogP contribution in [0.1, 0.15) is 36.9 Å². The second kappa shape index (κ2) is 12.0. The summed E-state index contributed by atoms with van der Waals surface area (Å²) in [5, 5.41) is 5.08. The Morgan fingerprint density at radius 1 is 1.04 bits per heavy atom. The number of nitrogens with two attached hydrogens (primary N) is 1. The minimum Gasteiger partial charge on any atom is -0.464 e. The van der Waals surface area contributed by atoms with E-state index in [1.165, 1.54) is 0 Å². The minimum atomic E-state index is -5.32. The molecule has 256 valence electrons. The van der Waals surface area contributed by atoms with Crippen LogP contribution < -0.4 is 25.8 Å². The number of pyridine rings is 2. The Balaban J connectivity index is 1.59. The predicted molar refractivity (Wildman–Crippen MR) is 150 cm³/mol. The van der Waals surface area contributed by atoms with Gasteiger partial charge in [0.1, 0.15) is 35.2 Å². The lowest BCUT2D eigenvalue weighted by Gasteiger charge is -2.30. The first-order valence-electron chi connectivity index (χ1n) is 14.7. The van der Waals surface area contributed by atoms with Crippen LogP contribution in [0, 0.1) is 18.6 Å². The van der Waals surface area contributed by atoms with Gasteiger partial charge in [0.15, 0.2) is 23.6 Å². The van der Waals surface area contributed by atoms with Crippen LogP contribution >= 0.6 is 0 Å². The van der Waals surface area contributed by atoms with E-state index in [2.05, 4.69) is 30.6 Å². The maximum absolute atomic E-state index is 16.5. The fourth-order valence-electron chi connectivity index (χ4n) is 6.54. The lowest BCUT2D eigenvalue weighted by Crippen LogP contribution is -2.43. The number of nitrogens with one attached hydrogen (secondary N) is 2. The van der Waals surface area contributed by atoms with E-state index in [1.807, 2.05) is 4.90 Å². The molecular weight excluding hydrogens is 651 g/mol. The van der Waals surface area contributed by atoms with Gasteiger partial charge in [0, 0.05) is 32.5 Å². The highest BCUT2D eigenvalue weighted by molar-refractivity contribution is 5.96. The number of nitrogens with zero attached hydrogens (tertiary/aromatic N) is 5. The smallest absolute Gasteiger partial charge is 0.425 e. The highest BCUT2D eigenvalue weighted by Crippen LogP contribution is 2.46. The average Bonchev–Trinajstić information content (AvgIpc) is 3.49. The highest BCUT2D eigenvalue weighted by Gasteiger charge is 2.50. The molecule has 0 aliphatic carbocycles. The van der Waals surface area contributed by atoms with Crippen LogP contribution in [0.4, 0.5) is 51.1 Å². The third kappa shape index (κ3) is 6.14. The first kappa shape index (κ1) is 33.0.